The second-order valence-electron chi connectivity index (χ2n) is 2.24. The van der Waals surface area contributed by atoms with Gasteiger partial charge in [0.15, 0.2) is 0 Å². The van der Waals surface area contributed by atoms with E-state index in [0.717, 1.165) is 5.71 Å². The molecule has 1 N–H and O–H groups in total. The molecule has 1 unspecified atom stereocenters. The average Bonchev–Trinajstić information content (AvgIpc) is 2.34. The molecule has 0 aromatic rings. The Kier molecular flexibility index (Phi) is 1.89. The highest BCUT2D eigenvalue weighted by Crippen LogP contribution is 2.09. The zero-order valence-corrected chi connectivity index (χ0v) is 6.05. The second-order valence-corrected chi connectivity index (χ2v) is 2.24. The number of oxime groups is 1. The van der Waals surface area contributed by atoms with Crippen LogP contribution in [0, 0.1) is 0 Å². The molecule has 0 bridgehead atoms. The van der Waals surface area contributed by atoms with Crippen LogP contribution in [-0.2, 0) is 9.63 Å². The molecule has 0 fully saturated rings. The molecule has 56 valence electrons. The first-order chi connectivity index (χ1) is 4.74. The van der Waals surface area contributed by atoms with E-state index in [9.17, 15) is 4.79 Å². The van der Waals surface area contributed by atoms with Crippen LogP contribution in [0.3, 0.4) is 0 Å². The zero-order chi connectivity index (χ0) is 7.56. The lowest BCUT2D eigenvalue weighted by molar-refractivity contribution is -0.130. The van der Waals surface area contributed by atoms with Crippen LogP contribution in [0.25, 0.3) is 0 Å². The number of hydrogen-bond acceptors (Lipinski definition) is 3. The number of nitrogens with zero attached hydrogens (tertiary/aromatic N) is 1. The van der Waals surface area contributed by atoms with Crippen molar-refractivity contribution in [1.29, 1.82) is 0 Å². The number of carbonyl (C=O) groups is 1. The molecular formula is C6H10N2O2. The van der Waals surface area contributed by atoms with E-state index in [0.29, 0.717) is 6.42 Å². The Balaban J connectivity index is 2.42. The largest absolute Gasteiger partial charge is 0.382 e. The molecule has 0 aromatic heterocycles. The minimum absolute atomic E-state index is 0.111. The first kappa shape index (κ1) is 7.05. The van der Waals surface area contributed by atoms with E-state index in [-0.39, 0.29) is 5.91 Å². The molecule has 1 atom stereocenters. The van der Waals surface area contributed by atoms with Crippen molar-refractivity contribution in [1.82, 2.24) is 5.32 Å². The van der Waals surface area contributed by atoms with Crippen molar-refractivity contribution in [2.75, 3.05) is 7.05 Å². The van der Waals surface area contributed by atoms with E-state index in [1.807, 2.05) is 6.92 Å². The molecule has 1 amide bonds. The highest BCUT2D eigenvalue weighted by Gasteiger charge is 2.24. The van der Waals surface area contributed by atoms with Gasteiger partial charge >= 0.3 is 0 Å². The van der Waals surface area contributed by atoms with Crippen LogP contribution in [0.5, 0.6) is 0 Å². The van der Waals surface area contributed by atoms with E-state index >= 15 is 0 Å². The maximum Gasteiger partial charge on any atom is 0.264 e. The van der Waals surface area contributed by atoms with E-state index in [1.54, 1.807) is 7.05 Å². The van der Waals surface area contributed by atoms with Gasteiger partial charge in [0.2, 0.25) is 6.10 Å². The molecule has 0 aliphatic carbocycles. The first-order valence-corrected chi connectivity index (χ1v) is 3.15. The number of amides is 1. The summed E-state index contributed by atoms with van der Waals surface area (Å²) in [5.74, 6) is -0.111. The maximum absolute atomic E-state index is 10.9. The smallest absolute Gasteiger partial charge is 0.264 e. The molecule has 0 radical (unpaired) electrons. The standard InChI is InChI=1S/C6H10N2O2/c1-4-3-5(10-8-4)6(9)7-2/h5H,3H2,1-2H3,(H,7,9). The third-order valence-corrected chi connectivity index (χ3v) is 1.36. The van der Waals surface area contributed by atoms with Gasteiger partial charge in [-0.05, 0) is 6.92 Å². The van der Waals surface area contributed by atoms with Crippen LogP contribution in [0.2, 0.25) is 0 Å². The van der Waals surface area contributed by atoms with E-state index in [1.165, 1.54) is 0 Å². The molecular weight excluding hydrogens is 132 g/mol. The summed E-state index contributed by atoms with van der Waals surface area (Å²) in [6, 6.07) is 0. The Morgan fingerprint density at radius 1 is 1.90 bits per heavy atom. The van der Waals surface area contributed by atoms with Gasteiger partial charge in [0.25, 0.3) is 5.91 Å². The Morgan fingerprint density at radius 2 is 2.60 bits per heavy atom. The van der Waals surface area contributed by atoms with Crippen LogP contribution in [0.1, 0.15) is 13.3 Å². The Bertz CT molecular complexity index is 177. The number of hydrogen-bond donors (Lipinski definition) is 1. The lowest BCUT2D eigenvalue weighted by atomic mass is 10.2. The summed E-state index contributed by atoms with van der Waals surface area (Å²) in [5, 5.41) is 6.13. The van der Waals surface area contributed by atoms with Crippen LogP contribution >= 0.6 is 0 Å². The number of carbonyl (C=O) groups excluding carboxylic acids is 1. The summed E-state index contributed by atoms with van der Waals surface area (Å²) < 4.78 is 0. The lowest BCUT2D eigenvalue weighted by Crippen LogP contribution is -2.31. The molecule has 0 spiro atoms. The molecule has 4 nitrogen and oxygen atoms in total. The molecule has 1 aliphatic rings. The maximum atomic E-state index is 10.9. The van der Waals surface area contributed by atoms with E-state index in [4.69, 9.17) is 4.84 Å². The van der Waals surface area contributed by atoms with E-state index < -0.39 is 6.10 Å². The minimum Gasteiger partial charge on any atom is -0.382 e. The Hall–Kier alpha value is -1.06. The number of nitrogens with one attached hydrogen (secondary N) is 1. The Morgan fingerprint density at radius 3 is 3.00 bits per heavy atom. The van der Waals surface area contributed by atoms with Gasteiger partial charge in [-0.25, -0.2) is 0 Å². The highest BCUT2D eigenvalue weighted by molar-refractivity contribution is 5.91. The van der Waals surface area contributed by atoms with Crippen molar-refractivity contribution >= 4 is 11.6 Å². The van der Waals surface area contributed by atoms with Crippen LogP contribution in [0.4, 0.5) is 0 Å². The van der Waals surface area contributed by atoms with Crippen molar-refractivity contribution in [3.05, 3.63) is 0 Å². The number of rotatable bonds is 1. The summed E-state index contributed by atoms with van der Waals surface area (Å²) in [4.78, 5) is 15.6. The van der Waals surface area contributed by atoms with Gasteiger partial charge in [-0.1, -0.05) is 5.16 Å². The van der Waals surface area contributed by atoms with Crippen molar-refractivity contribution in [3.63, 3.8) is 0 Å². The van der Waals surface area contributed by atoms with Crippen molar-refractivity contribution in [2.45, 2.75) is 19.4 Å². The highest BCUT2D eigenvalue weighted by atomic mass is 16.6. The molecule has 10 heavy (non-hydrogen) atoms. The minimum atomic E-state index is -0.398. The van der Waals surface area contributed by atoms with Gasteiger partial charge < -0.3 is 10.2 Å². The SMILES string of the molecule is CNC(=O)C1CC(C)=NO1. The molecule has 4 heteroatoms. The summed E-state index contributed by atoms with van der Waals surface area (Å²) in [6.45, 7) is 1.84. The van der Waals surface area contributed by atoms with Gasteiger partial charge in [-0.2, -0.15) is 0 Å². The van der Waals surface area contributed by atoms with Gasteiger partial charge in [-0.15, -0.1) is 0 Å². The van der Waals surface area contributed by atoms with Crippen molar-refractivity contribution < 1.29 is 9.63 Å². The lowest BCUT2D eigenvalue weighted by Gasteiger charge is -2.03. The van der Waals surface area contributed by atoms with Crippen LogP contribution < -0.4 is 5.32 Å². The Labute approximate surface area is 59.2 Å². The van der Waals surface area contributed by atoms with Gasteiger partial charge in [-0.3, -0.25) is 4.79 Å². The second kappa shape index (κ2) is 2.68. The normalized spacial score (nSPS) is 23.4. The van der Waals surface area contributed by atoms with Crippen molar-refractivity contribution in [3.8, 4) is 0 Å². The summed E-state index contributed by atoms with van der Waals surface area (Å²) in [5.41, 5.74) is 0.869. The third-order valence-electron chi connectivity index (χ3n) is 1.36. The fourth-order valence-electron chi connectivity index (χ4n) is 0.798. The summed E-state index contributed by atoms with van der Waals surface area (Å²) in [7, 11) is 1.58. The van der Waals surface area contributed by atoms with Crippen LogP contribution in [0.15, 0.2) is 5.16 Å². The quantitative estimate of drug-likeness (QED) is 0.555. The third kappa shape index (κ3) is 1.26. The average molecular weight is 142 g/mol. The zero-order valence-electron chi connectivity index (χ0n) is 6.05. The fraction of sp³-hybridized carbons (Fsp3) is 0.667. The predicted octanol–water partition coefficient (Wildman–Crippen LogP) is -0.103. The predicted molar refractivity (Wildman–Crippen MR) is 36.7 cm³/mol. The van der Waals surface area contributed by atoms with Gasteiger partial charge in [0, 0.05) is 13.5 Å². The molecule has 1 heterocycles. The van der Waals surface area contributed by atoms with Crippen LogP contribution in [-0.4, -0.2) is 24.8 Å². The topological polar surface area (TPSA) is 50.7 Å². The molecule has 0 saturated heterocycles. The monoisotopic (exact) mass is 142 g/mol. The van der Waals surface area contributed by atoms with Crippen molar-refractivity contribution in [2.24, 2.45) is 5.16 Å². The summed E-state index contributed by atoms with van der Waals surface area (Å²) in [6.07, 6.45) is 0.213. The van der Waals surface area contributed by atoms with E-state index in [2.05, 4.69) is 10.5 Å². The molecule has 1 rings (SSSR count). The summed E-state index contributed by atoms with van der Waals surface area (Å²) >= 11 is 0. The molecule has 0 saturated carbocycles. The van der Waals surface area contributed by atoms with Gasteiger partial charge in [0.05, 0.1) is 5.71 Å². The fourth-order valence-corrected chi connectivity index (χ4v) is 0.798. The first-order valence-electron chi connectivity index (χ1n) is 3.15. The molecule has 1 aliphatic heterocycles. The number of likely N-dealkylation sites (N-methyl/N-ethyl adjacent to an activating group) is 1. The van der Waals surface area contributed by atoms with Gasteiger partial charge in [0.1, 0.15) is 0 Å². The molecule has 0 aromatic carbocycles.